The van der Waals surface area contributed by atoms with E-state index >= 15 is 0 Å². The molecule has 0 saturated carbocycles. The van der Waals surface area contributed by atoms with Gasteiger partial charge in [0.25, 0.3) is 0 Å². The van der Waals surface area contributed by atoms with Gasteiger partial charge in [-0.1, -0.05) is 35.0 Å². The first kappa shape index (κ1) is 22.6. The van der Waals surface area contributed by atoms with Crippen LogP contribution in [-0.4, -0.2) is 42.8 Å². The van der Waals surface area contributed by atoms with Crippen LogP contribution in [0.2, 0.25) is 10.0 Å². The van der Waals surface area contributed by atoms with Crippen molar-refractivity contribution in [2.75, 3.05) is 31.1 Å². The Kier molecular flexibility index (Phi) is 7.07. The van der Waals surface area contributed by atoms with Crippen molar-refractivity contribution in [2.45, 2.75) is 36.2 Å². The molecule has 2 aromatic rings. The van der Waals surface area contributed by atoms with Crippen molar-refractivity contribution < 1.29 is 9.53 Å². The maximum atomic E-state index is 12.3. The molecule has 2 aromatic carbocycles. The summed E-state index contributed by atoms with van der Waals surface area (Å²) in [5.41, 5.74) is 1.08. The molecule has 30 heavy (non-hydrogen) atoms. The van der Waals surface area contributed by atoms with Crippen LogP contribution in [0.1, 0.15) is 26.3 Å². The van der Waals surface area contributed by atoms with E-state index in [1.54, 1.807) is 17.0 Å². The Hall–Kier alpha value is -2.07. The van der Waals surface area contributed by atoms with Crippen molar-refractivity contribution in [3.8, 4) is 6.07 Å². The zero-order valence-electron chi connectivity index (χ0n) is 17.1. The smallest absolute Gasteiger partial charge is 0.410 e. The van der Waals surface area contributed by atoms with Gasteiger partial charge in [-0.3, -0.25) is 0 Å². The van der Waals surface area contributed by atoms with Crippen LogP contribution in [0.4, 0.5) is 10.5 Å². The lowest BCUT2D eigenvalue weighted by Crippen LogP contribution is -2.50. The molecule has 5 nitrogen and oxygen atoms in total. The molecule has 1 heterocycles. The summed E-state index contributed by atoms with van der Waals surface area (Å²) in [4.78, 5) is 18.1. The van der Waals surface area contributed by atoms with Gasteiger partial charge < -0.3 is 14.5 Å². The molecule has 0 radical (unpaired) electrons. The Balaban J connectivity index is 1.78. The minimum absolute atomic E-state index is 0.287. The van der Waals surface area contributed by atoms with Gasteiger partial charge in [-0.25, -0.2) is 4.79 Å². The molecule has 0 unspecified atom stereocenters. The number of anilines is 1. The highest BCUT2D eigenvalue weighted by atomic mass is 35.5. The highest BCUT2D eigenvalue weighted by Crippen LogP contribution is 2.40. The number of rotatable bonds is 3. The van der Waals surface area contributed by atoms with E-state index in [-0.39, 0.29) is 6.09 Å². The first-order valence-corrected chi connectivity index (χ1v) is 11.1. The van der Waals surface area contributed by atoms with Crippen molar-refractivity contribution in [3.05, 3.63) is 52.0 Å². The second-order valence-corrected chi connectivity index (χ2v) is 9.85. The summed E-state index contributed by atoms with van der Waals surface area (Å²) in [6.45, 7) is 8.08. The average Bonchev–Trinajstić information content (AvgIpc) is 2.69. The number of amides is 1. The molecule has 0 spiro atoms. The predicted molar refractivity (Wildman–Crippen MR) is 122 cm³/mol. The molecule has 0 N–H and O–H groups in total. The number of carbonyl (C=O) groups excluding carboxylic acids is 1. The third-order valence-corrected chi connectivity index (χ3v) is 6.26. The summed E-state index contributed by atoms with van der Waals surface area (Å²) in [5, 5.41) is 10.5. The van der Waals surface area contributed by atoms with Crippen LogP contribution in [-0.2, 0) is 4.74 Å². The Labute approximate surface area is 191 Å². The lowest BCUT2D eigenvalue weighted by Gasteiger charge is -2.37. The van der Waals surface area contributed by atoms with E-state index in [0.717, 1.165) is 15.5 Å². The van der Waals surface area contributed by atoms with Crippen molar-refractivity contribution in [1.82, 2.24) is 4.90 Å². The van der Waals surface area contributed by atoms with Gasteiger partial charge in [-0.2, -0.15) is 5.26 Å². The van der Waals surface area contributed by atoms with E-state index in [1.165, 1.54) is 11.8 Å². The molecule has 8 heteroatoms. The van der Waals surface area contributed by atoms with Crippen molar-refractivity contribution in [2.24, 2.45) is 0 Å². The highest BCUT2D eigenvalue weighted by Gasteiger charge is 2.27. The molecule has 158 valence electrons. The summed E-state index contributed by atoms with van der Waals surface area (Å²) in [6.07, 6.45) is -0.287. The van der Waals surface area contributed by atoms with Gasteiger partial charge in [0.2, 0.25) is 0 Å². The van der Waals surface area contributed by atoms with Crippen molar-refractivity contribution in [3.63, 3.8) is 0 Å². The van der Waals surface area contributed by atoms with E-state index in [1.807, 2.05) is 45.0 Å². The first-order valence-electron chi connectivity index (χ1n) is 9.56. The van der Waals surface area contributed by atoms with Crippen LogP contribution in [0.3, 0.4) is 0 Å². The average molecular weight is 464 g/mol. The molecular weight excluding hydrogens is 441 g/mol. The maximum absolute atomic E-state index is 12.3. The monoisotopic (exact) mass is 463 g/mol. The number of carbonyl (C=O) groups is 1. The Morgan fingerprint density at radius 2 is 1.77 bits per heavy atom. The summed E-state index contributed by atoms with van der Waals surface area (Å²) < 4.78 is 5.48. The van der Waals surface area contributed by atoms with Gasteiger partial charge in [-0.05, 0) is 57.2 Å². The molecule has 0 atom stereocenters. The van der Waals surface area contributed by atoms with Crippen LogP contribution >= 0.6 is 35.0 Å². The largest absolute Gasteiger partial charge is 0.444 e. The fourth-order valence-electron chi connectivity index (χ4n) is 3.06. The molecule has 1 amide bonds. The zero-order chi connectivity index (χ0) is 21.9. The van der Waals surface area contributed by atoms with Gasteiger partial charge in [0.15, 0.2) is 0 Å². The molecule has 1 saturated heterocycles. The van der Waals surface area contributed by atoms with Crippen LogP contribution in [0.5, 0.6) is 0 Å². The molecule has 0 aromatic heterocycles. The Morgan fingerprint density at radius 1 is 1.07 bits per heavy atom. The number of ether oxygens (including phenoxy) is 1. The number of hydrogen-bond acceptors (Lipinski definition) is 5. The van der Waals surface area contributed by atoms with Gasteiger partial charge in [-0.15, -0.1) is 0 Å². The van der Waals surface area contributed by atoms with E-state index in [4.69, 9.17) is 27.9 Å². The number of hydrogen-bond donors (Lipinski definition) is 0. The molecule has 3 rings (SSSR count). The predicted octanol–water partition coefficient (Wildman–Crippen LogP) is 6.07. The molecule has 0 bridgehead atoms. The van der Waals surface area contributed by atoms with E-state index in [2.05, 4.69) is 11.0 Å². The normalized spacial score (nSPS) is 14.4. The molecule has 0 aliphatic carbocycles. The summed E-state index contributed by atoms with van der Waals surface area (Å²) in [6, 6.07) is 13.2. The van der Waals surface area contributed by atoms with E-state index in [9.17, 15) is 10.1 Å². The highest BCUT2D eigenvalue weighted by molar-refractivity contribution is 7.99. The summed E-state index contributed by atoms with van der Waals surface area (Å²) >= 11 is 13.9. The molecule has 1 aliphatic rings. The van der Waals surface area contributed by atoms with Crippen LogP contribution in [0.15, 0.2) is 46.2 Å². The summed E-state index contributed by atoms with van der Waals surface area (Å²) in [7, 11) is 0. The third kappa shape index (κ3) is 5.75. The standard InChI is InChI=1S/C22H23Cl2N3O2S/c1-22(2,3)29-21(28)27-10-8-26(9-11-27)18-6-4-15(14-25)12-20(18)30-19-7-5-16(23)13-17(19)24/h4-7,12-13H,8-11H2,1-3H3. The lowest BCUT2D eigenvalue weighted by atomic mass is 10.2. The van der Waals surface area contributed by atoms with Crippen molar-refractivity contribution in [1.29, 1.82) is 5.26 Å². The second-order valence-electron chi connectivity index (χ2n) is 7.93. The van der Waals surface area contributed by atoms with Crippen LogP contribution < -0.4 is 4.90 Å². The fourth-order valence-corrected chi connectivity index (χ4v) is 4.60. The van der Waals surface area contributed by atoms with Crippen LogP contribution in [0.25, 0.3) is 0 Å². The Morgan fingerprint density at radius 3 is 2.37 bits per heavy atom. The van der Waals surface area contributed by atoms with E-state index < -0.39 is 5.60 Å². The SMILES string of the molecule is CC(C)(C)OC(=O)N1CCN(c2ccc(C#N)cc2Sc2ccc(Cl)cc2Cl)CC1. The van der Waals surface area contributed by atoms with Gasteiger partial charge in [0, 0.05) is 41.0 Å². The zero-order valence-corrected chi connectivity index (χ0v) is 19.4. The number of benzene rings is 2. The van der Waals surface area contributed by atoms with Crippen molar-refractivity contribution >= 4 is 46.7 Å². The number of nitrogens with zero attached hydrogens (tertiary/aromatic N) is 3. The van der Waals surface area contributed by atoms with E-state index in [0.29, 0.717) is 41.8 Å². The minimum atomic E-state index is -0.511. The number of piperazine rings is 1. The molecule has 1 fully saturated rings. The first-order chi connectivity index (χ1) is 14.2. The van der Waals surface area contributed by atoms with Gasteiger partial charge >= 0.3 is 6.09 Å². The minimum Gasteiger partial charge on any atom is -0.444 e. The second kappa shape index (κ2) is 9.38. The number of halogens is 2. The third-order valence-electron chi connectivity index (χ3n) is 4.47. The van der Waals surface area contributed by atoms with Gasteiger partial charge in [0.05, 0.1) is 22.3 Å². The Bertz CT molecular complexity index is 977. The maximum Gasteiger partial charge on any atom is 0.410 e. The fraction of sp³-hybridized carbons (Fsp3) is 0.364. The number of nitriles is 1. The molecular formula is C22H23Cl2N3O2S. The van der Waals surface area contributed by atoms with Gasteiger partial charge in [0.1, 0.15) is 5.60 Å². The quantitative estimate of drug-likeness (QED) is 0.552. The molecule has 1 aliphatic heterocycles. The lowest BCUT2D eigenvalue weighted by molar-refractivity contribution is 0.0240. The topological polar surface area (TPSA) is 56.6 Å². The summed E-state index contributed by atoms with van der Waals surface area (Å²) in [5.74, 6) is 0. The van der Waals surface area contributed by atoms with Crippen LogP contribution in [0, 0.1) is 11.3 Å².